The fraction of sp³-hybridized carbons (Fsp3) is 0.556. The van der Waals surface area contributed by atoms with Gasteiger partial charge in [-0.15, -0.1) is 11.6 Å². The normalized spacial score (nSPS) is 20.3. The van der Waals surface area contributed by atoms with Crippen molar-refractivity contribution in [1.82, 2.24) is 4.90 Å². The van der Waals surface area contributed by atoms with Crippen LogP contribution in [0.3, 0.4) is 0 Å². The predicted molar refractivity (Wildman–Crippen MR) is 94.3 cm³/mol. The van der Waals surface area contributed by atoms with Crippen molar-refractivity contribution in [1.29, 1.82) is 0 Å². The molecule has 0 aliphatic carbocycles. The van der Waals surface area contributed by atoms with Gasteiger partial charge in [-0.1, -0.05) is 0 Å². The SMILES string of the molecule is COC(=O)c1ccc(OCC2C(Cl)CCN2C(=O)OC(C)(C)C)cc1. The smallest absolute Gasteiger partial charge is 0.410 e. The molecule has 25 heavy (non-hydrogen) atoms. The number of nitrogens with zero attached hydrogens (tertiary/aromatic N) is 1. The molecular weight excluding hydrogens is 346 g/mol. The van der Waals surface area contributed by atoms with Crippen LogP contribution in [0.2, 0.25) is 0 Å². The van der Waals surface area contributed by atoms with E-state index >= 15 is 0 Å². The summed E-state index contributed by atoms with van der Waals surface area (Å²) in [7, 11) is 1.33. The fourth-order valence-corrected chi connectivity index (χ4v) is 2.85. The second kappa shape index (κ2) is 7.95. The molecule has 138 valence electrons. The Hall–Kier alpha value is -1.95. The van der Waals surface area contributed by atoms with Crippen molar-refractivity contribution < 1.29 is 23.8 Å². The average Bonchev–Trinajstić information content (AvgIpc) is 2.92. The molecule has 0 aromatic heterocycles. The fourth-order valence-electron chi connectivity index (χ4n) is 2.54. The lowest BCUT2D eigenvalue weighted by Gasteiger charge is -2.29. The highest BCUT2D eigenvalue weighted by molar-refractivity contribution is 6.21. The molecule has 0 spiro atoms. The Morgan fingerprint density at radius 2 is 1.88 bits per heavy atom. The van der Waals surface area contributed by atoms with Gasteiger partial charge >= 0.3 is 12.1 Å². The van der Waals surface area contributed by atoms with E-state index in [9.17, 15) is 9.59 Å². The van der Waals surface area contributed by atoms with Crippen LogP contribution in [0.4, 0.5) is 4.79 Å². The summed E-state index contributed by atoms with van der Waals surface area (Å²) >= 11 is 6.35. The Morgan fingerprint density at radius 1 is 1.24 bits per heavy atom. The molecule has 2 atom stereocenters. The lowest BCUT2D eigenvalue weighted by Crippen LogP contribution is -2.44. The summed E-state index contributed by atoms with van der Waals surface area (Å²) < 4.78 is 15.8. The van der Waals surface area contributed by atoms with Gasteiger partial charge in [-0.05, 0) is 51.5 Å². The maximum Gasteiger partial charge on any atom is 0.410 e. The highest BCUT2D eigenvalue weighted by Crippen LogP contribution is 2.26. The molecule has 1 aromatic rings. The van der Waals surface area contributed by atoms with E-state index in [1.165, 1.54) is 7.11 Å². The summed E-state index contributed by atoms with van der Waals surface area (Å²) in [5, 5.41) is -0.193. The number of halogens is 1. The Kier molecular flexibility index (Phi) is 6.16. The van der Waals surface area contributed by atoms with Gasteiger partial charge in [-0.2, -0.15) is 0 Å². The quantitative estimate of drug-likeness (QED) is 0.600. The van der Waals surface area contributed by atoms with Crippen molar-refractivity contribution in [3.8, 4) is 5.75 Å². The summed E-state index contributed by atoms with van der Waals surface area (Å²) in [5.41, 5.74) is -0.113. The summed E-state index contributed by atoms with van der Waals surface area (Å²) in [5.74, 6) is 0.187. The third kappa shape index (κ3) is 5.26. The molecule has 1 saturated heterocycles. The molecule has 0 saturated carbocycles. The minimum Gasteiger partial charge on any atom is -0.491 e. The number of carbonyl (C=O) groups excluding carboxylic acids is 2. The van der Waals surface area contributed by atoms with Gasteiger partial charge in [-0.3, -0.25) is 0 Å². The average molecular weight is 370 g/mol. The first-order chi connectivity index (χ1) is 11.7. The van der Waals surface area contributed by atoms with Gasteiger partial charge < -0.3 is 19.1 Å². The van der Waals surface area contributed by atoms with Crippen molar-refractivity contribution in [2.75, 3.05) is 20.3 Å². The topological polar surface area (TPSA) is 65.1 Å². The predicted octanol–water partition coefficient (Wildman–Crippen LogP) is 3.47. The monoisotopic (exact) mass is 369 g/mol. The van der Waals surface area contributed by atoms with Crippen molar-refractivity contribution in [3.63, 3.8) is 0 Å². The van der Waals surface area contributed by atoms with E-state index in [0.29, 0.717) is 24.3 Å². The zero-order valence-electron chi connectivity index (χ0n) is 15.0. The van der Waals surface area contributed by atoms with Gasteiger partial charge in [0, 0.05) is 6.54 Å². The maximum absolute atomic E-state index is 12.3. The summed E-state index contributed by atoms with van der Waals surface area (Å²) in [4.78, 5) is 25.4. The van der Waals surface area contributed by atoms with E-state index < -0.39 is 11.6 Å². The van der Waals surface area contributed by atoms with Crippen LogP contribution < -0.4 is 4.74 Å². The summed E-state index contributed by atoms with van der Waals surface area (Å²) in [6, 6.07) is 6.35. The molecule has 6 nitrogen and oxygen atoms in total. The van der Waals surface area contributed by atoms with Crippen molar-refractivity contribution in [3.05, 3.63) is 29.8 Å². The van der Waals surface area contributed by atoms with Gasteiger partial charge in [0.2, 0.25) is 0 Å². The maximum atomic E-state index is 12.3. The number of alkyl halides is 1. The second-order valence-electron chi connectivity index (χ2n) is 6.87. The second-order valence-corrected chi connectivity index (χ2v) is 7.43. The number of carbonyl (C=O) groups is 2. The number of benzene rings is 1. The Balaban J connectivity index is 1.97. The van der Waals surface area contributed by atoms with E-state index in [-0.39, 0.29) is 24.1 Å². The van der Waals surface area contributed by atoms with E-state index in [1.54, 1.807) is 29.2 Å². The van der Waals surface area contributed by atoms with Crippen LogP contribution in [0, 0.1) is 0 Å². The first-order valence-electron chi connectivity index (χ1n) is 8.16. The number of amides is 1. The number of methoxy groups -OCH3 is 1. The van der Waals surface area contributed by atoms with Crippen molar-refractivity contribution in [2.45, 2.75) is 44.2 Å². The van der Waals surface area contributed by atoms with Crippen LogP contribution in [-0.2, 0) is 9.47 Å². The third-order valence-corrected chi connectivity index (χ3v) is 4.30. The molecule has 1 aliphatic heterocycles. The Morgan fingerprint density at radius 3 is 2.44 bits per heavy atom. The third-order valence-electron chi connectivity index (χ3n) is 3.79. The minimum absolute atomic E-state index is 0.193. The molecule has 2 unspecified atom stereocenters. The summed E-state index contributed by atoms with van der Waals surface area (Å²) in [6.45, 7) is 6.28. The largest absolute Gasteiger partial charge is 0.491 e. The van der Waals surface area contributed by atoms with Crippen LogP contribution >= 0.6 is 11.6 Å². The van der Waals surface area contributed by atoms with Gasteiger partial charge in [0.15, 0.2) is 0 Å². The molecule has 1 aliphatic rings. The van der Waals surface area contributed by atoms with E-state index in [0.717, 1.165) is 0 Å². The number of rotatable bonds is 4. The number of likely N-dealkylation sites (tertiary alicyclic amines) is 1. The molecule has 2 rings (SSSR count). The van der Waals surface area contributed by atoms with Crippen LogP contribution in [0.25, 0.3) is 0 Å². The van der Waals surface area contributed by atoms with Crippen molar-refractivity contribution in [2.24, 2.45) is 0 Å². The molecule has 7 heteroatoms. The first kappa shape index (κ1) is 19.4. The Labute approximate surface area is 153 Å². The van der Waals surface area contributed by atoms with Crippen LogP contribution in [-0.4, -0.2) is 54.2 Å². The van der Waals surface area contributed by atoms with Gasteiger partial charge in [-0.25, -0.2) is 9.59 Å². The number of hydrogen-bond donors (Lipinski definition) is 0. The van der Waals surface area contributed by atoms with Crippen LogP contribution in [0.15, 0.2) is 24.3 Å². The lowest BCUT2D eigenvalue weighted by atomic mass is 10.2. The molecule has 0 radical (unpaired) electrons. The van der Waals surface area contributed by atoms with Crippen LogP contribution in [0.1, 0.15) is 37.6 Å². The highest BCUT2D eigenvalue weighted by Gasteiger charge is 2.38. The minimum atomic E-state index is -0.559. The molecule has 1 amide bonds. The standard InChI is InChI=1S/C18H24ClNO5/c1-18(2,3)25-17(22)20-10-9-14(19)15(20)11-24-13-7-5-12(6-8-13)16(21)23-4/h5-8,14-15H,9-11H2,1-4H3. The zero-order valence-corrected chi connectivity index (χ0v) is 15.7. The molecule has 1 heterocycles. The molecule has 1 fully saturated rings. The van der Waals surface area contributed by atoms with Crippen molar-refractivity contribution >= 4 is 23.7 Å². The highest BCUT2D eigenvalue weighted by atomic mass is 35.5. The van der Waals surface area contributed by atoms with Crippen LogP contribution in [0.5, 0.6) is 5.75 Å². The van der Waals surface area contributed by atoms with Gasteiger partial charge in [0.1, 0.15) is 18.0 Å². The zero-order chi connectivity index (χ0) is 18.6. The lowest BCUT2D eigenvalue weighted by molar-refractivity contribution is 0.0188. The molecule has 0 bridgehead atoms. The van der Waals surface area contributed by atoms with E-state index in [2.05, 4.69) is 4.74 Å². The number of esters is 1. The number of ether oxygens (including phenoxy) is 3. The van der Waals surface area contributed by atoms with E-state index in [1.807, 2.05) is 20.8 Å². The number of hydrogen-bond acceptors (Lipinski definition) is 5. The molecule has 1 aromatic carbocycles. The first-order valence-corrected chi connectivity index (χ1v) is 8.60. The van der Waals surface area contributed by atoms with Gasteiger partial charge in [0.05, 0.1) is 24.1 Å². The molecular formula is C18H24ClNO5. The van der Waals surface area contributed by atoms with Gasteiger partial charge in [0.25, 0.3) is 0 Å². The summed E-state index contributed by atoms with van der Waals surface area (Å²) in [6.07, 6.45) is 0.307. The van der Waals surface area contributed by atoms with E-state index in [4.69, 9.17) is 21.1 Å². The Bertz CT molecular complexity index is 611. The molecule has 0 N–H and O–H groups in total.